The van der Waals surface area contributed by atoms with Crippen LogP contribution in [-0.4, -0.2) is 80.9 Å². The minimum Gasteiger partial charge on any atom is -0.469 e. The number of rotatable bonds is 15. The van der Waals surface area contributed by atoms with Gasteiger partial charge in [0.2, 0.25) is 0 Å². The summed E-state index contributed by atoms with van der Waals surface area (Å²) in [7, 11) is 1.38. The number of ether oxygens (including phenoxy) is 6. The molecule has 2 rings (SSSR count). The third-order valence-electron chi connectivity index (χ3n) is 7.10. The van der Waals surface area contributed by atoms with E-state index in [0.29, 0.717) is 32.7 Å². The second-order valence-electron chi connectivity index (χ2n) is 10.1. The summed E-state index contributed by atoms with van der Waals surface area (Å²) in [6.07, 6.45) is 3.56. The number of methoxy groups -OCH3 is 1. The largest absolute Gasteiger partial charge is 0.469 e. The van der Waals surface area contributed by atoms with Crippen molar-refractivity contribution in [3.63, 3.8) is 0 Å². The van der Waals surface area contributed by atoms with E-state index >= 15 is 0 Å². The van der Waals surface area contributed by atoms with Crippen LogP contribution >= 0.6 is 0 Å². The average molecular weight is 503 g/mol. The van der Waals surface area contributed by atoms with Crippen molar-refractivity contribution < 1.29 is 38.3 Å². The van der Waals surface area contributed by atoms with Gasteiger partial charge in [0, 0.05) is 19.8 Å². The highest BCUT2D eigenvalue weighted by Gasteiger charge is 2.49. The zero-order valence-corrected chi connectivity index (χ0v) is 22.8. The second-order valence-corrected chi connectivity index (χ2v) is 10.1. The lowest BCUT2D eigenvalue weighted by atomic mass is 9.78. The fraction of sp³-hybridized carbons (Fsp3) is 0.963. The van der Waals surface area contributed by atoms with Crippen LogP contribution in [0.15, 0.2) is 0 Å². The van der Waals surface area contributed by atoms with Crippen molar-refractivity contribution in [1.29, 1.82) is 0 Å². The minimum absolute atomic E-state index is 0.0453. The molecule has 1 saturated carbocycles. The maximum absolute atomic E-state index is 12.1. The van der Waals surface area contributed by atoms with Gasteiger partial charge in [-0.1, -0.05) is 47.0 Å². The van der Waals surface area contributed by atoms with Crippen molar-refractivity contribution in [1.82, 2.24) is 0 Å². The Labute approximate surface area is 212 Å². The van der Waals surface area contributed by atoms with Gasteiger partial charge in [-0.3, -0.25) is 4.79 Å². The van der Waals surface area contributed by atoms with Gasteiger partial charge >= 0.3 is 5.97 Å². The fourth-order valence-corrected chi connectivity index (χ4v) is 4.99. The number of aliphatic hydroxyl groups is 1. The Morgan fingerprint density at radius 1 is 0.829 bits per heavy atom. The van der Waals surface area contributed by atoms with Crippen molar-refractivity contribution in [3.8, 4) is 0 Å². The molecular weight excluding hydrogens is 452 g/mol. The van der Waals surface area contributed by atoms with Gasteiger partial charge in [0.25, 0.3) is 0 Å². The molecule has 1 heterocycles. The Balaban J connectivity index is 2.20. The van der Waals surface area contributed by atoms with E-state index in [2.05, 4.69) is 20.8 Å². The molecule has 9 atom stereocenters. The molecule has 0 aromatic heterocycles. The Hall–Kier alpha value is -0.770. The van der Waals surface area contributed by atoms with Crippen molar-refractivity contribution in [2.24, 2.45) is 11.8 Å². The summed E-state index contributed by atoms with van der Waals surface area (Å²) in [5, 5.41) is 10.9. The first-order chi connectivity index (χ1) is 16.9. The average Bonchev–Trinajstić information content (AvgIpc) is 2.84. The molecule has 8 nitrogen and oxygen atoms in total. The summed E-state index contributed by atoms with van der Waals surface area (Å²) in [5.41, 5.74) is 0. The first-order valence-electron chi connectivity index (χ1n) is 13.8. The van der Waals surface area contributed by atoms with E-state index in [1.54, 1.807) is 0 Å². The van der Waals surface area contributed by atoms with Crippen LogP contribution in [0.4, 0.5) is 0 Å². The lowest BCUT2D eigenvalue weighted by molar-refractivity contribution is -0.334. The normalized spacial score (nSPS) is 35.7. The molecule has 1 saturated heterocycles. The fourth-order valence-electron chi connectivity index (χ4n) is 4.99. The van der Waals surface area contributed by atoms with Gasteiger partial charge in [-0.15, -0.1) is 0 Å². The molecule has 0 aromatic rings. The van der Waals surface area contributed by atoms with Gasteiger partial charge in [0.15, 0.2) is 6.29 Å². The molecule has 1 aliphatic carbocycles. The highest BCUT2D eigenvalue weighted by Crippen LogP contribution is 2.36. The highest BCUT2D eigenvalue weighted by atomic mass is 16.7. The van der Waals surface area contributed by atoms with Crippen LogP contribution in [-0.2, 0) is 33.2 Å². The van der Waals surface area contributed by atoms with E-state index < -0.39 is 24.6 Å². The second kappa shape index (κ2) is 16.2. The van der Waals surface area contributed by atoms with Crippen LogP contribution in [0.25, 0.3) is 0 Å². The van der Waals surface area contributed by atoms with Crippen LogP contribution in [0.2, 0.25) is 0 Å². The first-order valence-corrected chi connectivity index (χ1v) is 13.8. The number of aliphatic hydroxyl groups excluding tert-OH is 1. The van der Waals surface area contributed by atoms with Crippen molar-refractivity contribution in [2.45, 2.75) is 129 Å². The third kappa shape index (κ3) is 8.93. The van der Waals surface area contributed by atoms with Crippen LogP contribution in [0.1, 0.15) is 86.0 Å². The molecule has 1 aliphatic heterocycles. The van der Waals surface area contributed by atoms with Crippen LogP contribution in [0.5, 0.6) is 0 Å². The quantitative estimate of drug-likeness (QED) is 0.262. The van der Waals surface area contributed by atoms with E-state index in [9.17, 15) is 9.90 Å². The maximum Gasteiger partial charge on any atom is 0.308 e. The molecule has 4 unspecified atom stereocenters. The molecule has 2 aliphatic rings. The lowest BCUT2D eigenvalue weighted by Gasteiger charge is -2.47. The molecule has 0 spiro atoms. The van der Waals surface area contributed by atoms with Crippen LogP contribution in [0.3, 0.4) is 0 Å². The molecule has 0 radical (unpaired) electrons. The zero-order chi connectivity index (χ0) is 25.8. The Bertz CT molecular complexity index is 576. The van der Waals surface area contributed by atoms with Gasteiger partial charge in [0.05, 0.1) is 31.3 Å². The topological polar surface area (TPSA) is 92.7 Å². The highest BCUT2D eigenvalue weighted by molar-refractivity contribution is 5.72. The summed E-state index contributed by atoms with van der Waals surface area (Å²) < 4.78 is 36.7. The standard InChI is InChI=1S/C27H50O8/c1-7-10-13-31-23-19(5)34-27(25(33-15-12-9-3)24(23)32-14-11-8-2)35-22-18(4)16-20(17-21(22)28)26(29)30-6/h18-25,27-28H,7-17H2,1-6H3/t18?,19?,20?,21-,22-,23-,24?,25+,27+/m1/s1. The van der Waals surface area contributed by atoms with Gasteiger partial charge < -0.3 is 33.5 Å². The summed E-state index contributed by atoms with van der Waals surface area (Å²) in [5.74, 6) is -0.653. The Morgan fingerprint density at radius 2 is 1.37 bits per heavy atom. The summed E-state index contributed by atoms with van der Waals surface area (Å²) >= 11 is 0. The maximum atomic E-state index is 12.1. The third-order valence-corrected chi connectivity index (χ3v) is 7.10. The van der Waals surface area contributed by atoms with Crippen LogP contribution in [0, 0.1) is 11.8 Å². The SMILES string of the molecule is CCCCOC1[C@H](OCCCC)C(C)O[C@@H](O[C@@H]2C(C)CC(C(=O)OC)C[C@H]2O)[C@H]1OCCCC. The number of carbonyl (C=O) groups is 1. The van der Waals surface area contributed by atoms with Gasteiger partial charge in [-0.05, 0) is 44.9 Å². The predicted octanol–water partition coefficient (Wildman–Crippen LogP) is 4.25. The van der Waals surface area contributed by atoms with Gasteiger partial charge in [-0.25, -0.2) is 0 Å². The molecule has 35 heavy (non-hydrogen) atoms. The molecule has 0 bridgehead atoms. The van der Waals surface area contributed by atoms with Gasteiger partial charge in [0.1, 0.15) is 18.3 Å². The number of hydrogen-bond acceptors (Lipinski definition) is 8. The lowest BCUT2D eigenvalue weighted by Crippen LogP contribution is -2.62. The summed E-state index contributed by atoms with van der Waals surface area (Å²) in [6, 6.07) is 0. The van der Waals surface area contributed by atoms with E-state index in [4.69, 9.17) is 28.4 Å². The number of carbonyl (C=O) groups excluding carboxylic acids is 1. The van der Waals surface area contributed by atoms with Gasteiger partial charge in [-0.2, -0.15) is 0 Å². The number of unbranched alkanes of at least 4 members (excludes halogenated alkanes) is 3. The minimum atomic E-state index is -0.795. The monoisotopic (exact) mass is 502 g/mol. The Morgan fingerprint density at radius 3 is 1.89 bits per heavy atom. The van der Waals surface area contributed by atoms with Crippen LogP contribution < -0.4 is 0 Å². The summed E-state index contributed by atoms with van der Waals surface area (Å²) in [4.78, 5) is 12.1. The van der Waals surface area contributed by atoms with E-state index in [0.717, 1.165) is 38.5 Å². The van der Waals surface area contributed by atoms with Crippen molar-refractivity contribution in [3.05, 3.63) is 0 Å². The molecule has 0 aromatic carbocycles. The molecule has 0 amide bonds. The first kappa shape index (κ1) is 30.5. The predicted molar refractivity (Wildman–Crippen MR) is 133 cm³/mol. The smallest absolute Gasteiger partial charge is 0.308 e. The summed E-state index contributed by atoms with van der Waals surface area (Å²) in [6.45, 7) is 12.2. The molecule has 8 heteroatoms. The van der Waals surface area contributed by atoms with Crippen molar-refractivity contribution >= 4 is 5.97 Å². The van der Waals surface area contributed by atoms with E-state index in [-0.39, 0.29) is 36.1 Å². The van der Waals surface area contributed by atoms with E-state index in [1.165, 1.54) is 7.11 Å². The Kier molecular flexibility index (Phi) is 14.1. The zero-order valence-electron chi connectivity index (χ0n) is 22.8. The number of hydrogen-bond donors (Lipinski definition) is 1. The molecule has 206 valence electrons. The molecular formula is C27H50O8. The van der Waals surface area contributed by atoms with Crippen molar-refractivity contribution in [2.75, 3.05) is 26.9 Å². The number of esters is 1. The molecule has 2 fully saturated rings. The molecule has 1 N–H and O–H groups in total. The van der Waals surface area contributed by atoms with E-state index in [1.807, 2.05) is 13.8 Å².